The van der Waals surface area contributed by atoms with Crippen LogP contribution in [0.2, 0.25) is 0 Å². The molecule has 0 spiro atoms. The number of aliphatic hydroxyl groups is 1. The topological polar surface area (TPSA) is 58.6 Å². The summed E-state index contributed by atoms with van der Waals surface area (Å²) in [6.07, 6.45) is 1.13. The molecule has 0 aromatic carbocycles. The molecule has 1 heterocycles. The summed E-state index contributed by atoms with van der Waals surface area (Å²) in [7, 11) is 1.38. The molecule has 12 heavy (non-hydrogen) atoms. The van der Waals surface area contributed by atoms with Crippen LogP contribution >= 0.6 is 0 Å². The summed E-state index contributed by atoms with van der Waals surface area (Å²) in [5, 5.41) is 12.6. The van der Waals surface area contributed by atoms with Crippen LogP contribution in [0.25, 0.3) is 0 Å². The zero-order chi connectivity index (χ0) is 8.77. The third-order valence-corrected chi connectivity index (χ3v) is 2.91. The van der Waals surface area contributed by atoms with Gasteiger partial charge in [0, 0.05) is 5.92 Å². The van der Waals surface area contributed by atoms with Crippen LogP contribution in [0.3, 0.4) is 0 Å². The molecule has 68 valence electrons. The Morgan fingerprint density at radius 3 is 3.17 bits per heavy atom. The Morgan fingerprint density at radius 1 is 1.75 bits per heavy atom. The number of rotatable bonds is 1. The summed E-state index contributed by atoms with van der Waals surface area (Å²) in [5.41, 5.74) is -0.535. The molecule has 1 saturated carbocycles. The number of hydrogen-bond donors (Lipinski definition) is 2. The van der Waals surface area contributed by atoms with Crippen LogP contribution in [0.1, 0.15) is 12.8 Å². The van der Waals surface area contributed by atoms with Gasteiger partial charge in [-0.05, 0) is 19.4 Å². The minimum Gasteiger partial charge on any atom is -0.468 e. The van der Waals surface area contributed by atoms with Crippen molar-refractivity contribution in [2.45, 2.75) is 24.5 Å². The van der Waals surface area contributed by atoms with Crippen molar-refractivity contribution in [3.8, 4) is 0 Å². The second-order valence-electron chi connectivity index (χ2n) is 3.56. The van der Waals surface area contributed by atoms with Crippen LogP contribution < -0.4 is 5.32 Å². The fraction of sp³-hybridized carbons (Fsp3) is 0.875. The molecule has 4 heteroatoms. The number of fused-ring (bicyclic) bond motifs is 1. The molecule has 4 nitrogen and oxygen atoms in total. The summed E-state index contributed by atoms with van der Waals surface area (Å²) < 4.78 is 4.67. The van der Waals surface area contributed by atoms with Gasteiger partial charge < -0.3 is 15.2 Å². The highest BCUT2D eigenvalue weighted by molar-refractivity contribution is 5.85. The van der Waals surface area contributed by atoms with Gasteiger partial charge in [-0.3, -0.25) is 4.79 Å². The number of piperidine rings is 1. The quantitative estimate of drug-likeness (QED) is 0.511. The summed E-state index contributed by atoms with van der Waals surface area (Å²) in [6, 6.07) is 0. The first-order valence-electron chi connectivity index (χ1n) is 4.22. The molecule has 0 unspecified atom stereocenters. The number of ether oxygens (including phenoxy) is 1. The summed E-state index contributed by atoms with van der Waals surface area (Å²) in [6.45, 7) is 0.701. The number of nitrogens with one attached hydrogen (secondary N) is 1. The van der Waals surface area contributed by atoms with Crippen molar-refractivity contribution >= 4 is 5.97 Å². The normalized spacial score (nSPS) is 44.8. The standard InChI is InChI=1S/C8H13NO3/c1-12-7(11)8-4-5(8)6(10)2-3-9-8/h5-6,9-10H,2-4H2,1H3/t5-,6+,8-/m1/s1. The Bertz CT molecular complexity index is 218. The SMILES string of the molecule is COC(=O)[C@@]12C[C@@H]1[C@@H](O)CCN2. The minimum atomic E-state index is -0.535. The van der Waals surface area contributed by atoms with E-state index in [1.165, 1.54) is 7.11 Å². The van der Waals surface area contributed by atoms with E-state index in [9.17, 15) is 9.90 Å². The maximum Gasteiger partial charge on any atom is 0.326 e. The van der Waals surface area contributed by atoms with Crippen LogP contribution in [0.4, 0.5) is 0 Å². The summed E-state index contributed by atoms with van der Waals surface area (Å²) in [5.74, 6) is -0.148. The fourth-order valence-electron chi connectivity index (χ4n) is 2.09. The molecule has 1 saturated heterocycles. The van der Waals surface area contributed by atoms with E-state index in [4.69, 9.17) is 0 Å². The lowest BCUT2D eigenvalue weighted by atomic mass is 10.0. The first-order chi connectivity index (χ1) is 5.70. The fourth-order valence-corrected chi connectivity index (χ4v) is 2.09. The third kappa shape index (κ3) is 0.881. The smallest absolute Gasteiger partial charge is 0.326 e. The molecule has 2 aliphatic rings. The molecule has 0 aromatic heterocycles. The first kappa shape index (κ1) is 8.01. The number of carbonyl (C=O) groups is 1. The number of methoxy groups -OCH3 is 1. The van der Waals surface area contributed by atoms with E-state index in [1.807, 2.05) is 0 Å². The van der Waals surface area contributed by atoms with Gasteiger partial charge in [0.05, 0.1) is 13.2 Å². The maximum absolute atomic E-state index is 11.3. The van der Waals surface area contributed by atoms with E-state index in [0.717, 1.165) is 12.8 Å². The summed E-state index contributed by atoms with van der Waals surface area (Å²) in [4.78, 5) is 11.3. The highest BCUT2D eigenvalue weighted by Gasteiger charge is 2.65. The van der Waals surface area contributed by atoms with Gasteiger partial charge in [-0.25, -0.2) is 0 Å². The average molecular weight is 171 g/mol. The van der Waals surface area contributed by atoms with Crippen LogP contribution in [0.15, 0.2) is 0 Å². The lowest BCUT2D eigenvalue weighted by molar-refractivity contribution is -0.146. The molecule has 0 radical (unpaired) electrons. The van der Waals surface area contributed by atoms with Crippen molar-refractivity contribution < 1.29 is 14.6 Å². The van der Waals surface area contributed by atoms with Gasteiger partial charge in [0.15, 0.2) is 0 Å². The maximum atomic E-state index is 11.3. The van der Waals surface area contributed by atoms with E-state index in [2.05, 4.69) is 10.1 Å². The van der Waals surface area contributed by atoms with Crippen LogP contribution in [-0.2, 0) is 9.53 Å². The van der Waals surface area contributed by atoms with E-state index in [-0.39, 0.29) is 18.0 Å². The minimum absolute atomic E-state index is 0.0821. The van der Waals surface area contributed by atoms with Crippen molar-refractivity contribution in [1.29, 1.82) is 0 Å². The molecule has 1 aliphatic heterocycles. The molecule has 3 atom stereocenters. The molecule has 1 aliphatic carbocycles. The van der Waals surface area contributed by atoms with Gasteiger partial charge in [0.1, 0.15) is 5.54 Å². The first-order valence-corrected chi connectivity index (χ1v) is 4.22. The van der Waals surface area contributed by atoms with Crippen molar-refractivity contribution in [2.24, 2.45) is 5.92 Å². The molecule has 0 bridgehead atoms. The van der Waals surface area contributed by atoms with Crippen LogP contribution in [0, 0.1) is 5.92 Å². The molecule has 2 fully saturated rings. The van der Waals surface area contributed by atoms with E-state index in [0.29, 0.717) is 6.54 Å². The molecule has 2 N–H and O–H groups in total. The van der Waals surface area contributed by atoms with Crippen molar-refractivity contribution in [1.82, 2.24) is 5.32 Å². The predicted octanol–water partition coefficient (Wildman–Crippen LogP) is -0.728. The Labute approximate surface area is 70.9 Å². The van der Waals surface area contributed by atoms with Gasteiger partial charge in [-0.15, -0.1) is 0 Å². The highest BCUT2D eigenvalue weighted by atomic mass is 16.5. The Morgan fingerprint density at radius 2 is 2.50 bits per heavy atom. The van der Waals surface area contributed by atoms with Gasteiger partial charge in [-0.2, -0.15) is 0 Å². The van der Waals surface area contributed by atoms with Gasteiger partial charge >= 0.3 is 5.97 Å². The van der Waals surface area contributed by atoms with Crippen molar-refractivity contribution in [2.75, 3.05) is 13.7 Å². The van der Waals surface area contributed by atoms with Gasteiger partial charge in [0.25, 0.3) is 0 Å². The molecule has 2 rings (SSSR count). The monoisotopic (exact) mass is 171 g/mol. The lowest BCUT2D eigenvalue weighted by Crippen LogP contribution is -2.48. The largest absolute Gasteiger partial charge is 0.468 e. The Hall–Kier alpha value is -0.610. The average Bonchev–Trinajstić information content (AvgIpc) is 2.80. The second kappa shape index (κ2) is 2.44. The second-order valence-corrected chi connectivity index (χ2v) is 3.56. The molecular weight excluding hydrogens is 158 g/mol. The predicted molar refractivity (Wildman–Crippen MR) is 41.5 cm³/mol. The lowest BCUT2D eigenvalue weighted by Gasteiger charge is -2.24. The highest BCUT2D eigenvalue weighted by Crippen LogP contribution is 2.49. The number of hydrogen-bond acceptors (Lipinski definition) is 4. The third-order valence-electron chi connectivity index (χ3n) is 2.91. The van der Waals surface area contributed by atoms with E-state index >= 15 is 0 Å². The molecule has 0 aromatic rings. The number of aliphatic hydroxyl groups excluding tert-OH is 1. The van der Waals surface area contributed by atoms with Gasteiger partial charge in [-0.1, -0.05) is 0 Å². The zero-order valence-corrected chi connectivity index (χ0v) is 7.04. The van der Waals surface area contributed by atoms with Crippen molar-refractivity contribution in [3.63, 3.8) is 0 Å². The van der Waals surface area contributed by atoms with E-state index < -0.39 is 5.54 Å². The number of carbonyl (C=O) groups excluding carboxylic acids is 1. The molecular formula is C8H13NO3. The van der Waals surface area contributed by atoms with Gasteiger partial charge in [0.2, 0.25) is 0 Å². The summed E-state index contributed by atoms with van der Waals surface area (Å²) >= 11 is 0. The van der Waals surface area contributed by atoms with E-state index in [1.54, 1.807) is 0 Å². The van der Waals surface area contributed by atoms with Crippen molar-refractivity contribution in [3.05, 3.63) is 0 Å². The zero-order valence-electron chi connectivity index (χ0n) is 7.04. The number of esters is 1. The Balaban J connectivity index is 2.10. The molecule has 0 amide bonds. The van der Waals surface area contributed by atoms with Crippen LogP contribution in [0.5, 0.6) is 0 Å². The Kier molecular flexibility index (Phi) is 1.63. The van der Waals surface area contributed by atoms with Crippen LogP contribution in [-0.4, -0.2) is 36.4 Å².